The van der Waals surface area contributed by atoms with E-state index in [4.69, 9.17) is 0 Å². The molecular formula is C22H18S2. The molecule has 0 saturated heterocycles. The first-order chi connectivity index (χ1) is 11.8. The Kier molecular flexibility index (Phi) is 3.43. The summed E-state index contributed by atoms with van der Waals surface area (Å²) in [7, 11) is 0. The van der Waals surface area contributed by atoms with Crippen molar-refractivity contribution in [2.45, 2.75) is 29.9 Å². The highest BCUT2D eigenvalue weighted by Gasteiger charge is 2.28. The summed E-state index contributed by atoms with van der Waals surface area (Å²) in [6.45, 7) is 2.20. The van der Waals surface area contributed by atoms with E-state index in [2.05, 4.69) is 67.6 Å². The van der Waals surface area contributed by atoms with Crippen LogP contribution in [0.5, 0.6) is 0 Å². The standard InChI is InChI=1S/C22H18S2/c1-14-7-8-17-12-18(11-14)23-22-19-10-9-16(13-20(19)24-21(17)22)15-5-3-2-4-6-15/h2-8,11-13,18H,9-10H2,1H3/t18-/m0/s1. The molecular weight excluding hydrogens is 328 g/mol. The van der Waals surface area contributed by atoms with E-state index in [1.807, 2.05) is 23.1 Å². The number of fused-ring (bicyclic) bond motifs is 5. The molecule has 0 radical (unpaired) electrons. The summed E-state index contributed by atoms with van der Waals surface area (Å²) in [5.41, 5.74) is 7.21. The molecule has 2 heterocycles. The zero-order chi connectivity index (χ0) is 16.1. The minimum absolute atomic E-state index is 0.487. The molecule has 0 N–H and O–H groups in total. The molecule has 5 rings (SSSR count). The van der Waals surface area contributed by atoms with E-state index in [0.717, 1.165) is 6.42 Å². The Hall–Kier alpha value is -1.77. The maximum atomic E-state index is 2.43. The summed E-state index contributed by atoms with van der Waals surface area (Å²) in [6.07, 6.45) is 14.1. The van der Waals surface area contributed by atoms with E-state index in [9.17, 15) is 0 Å². The zero-order valence-corrected chi connectivity index (χ0v) is 15.2. The van der Waals surface area contributed by atoms with Crippen LogP contribution in [0, 0.1) is 0 Å². The molecule has 3 aliphatic rings. The van der Waals surface area contributed by atoms with Gasteiger partial charge in [0.05, 0.1) is 0 Å². The minimum atomic E-state index is 0.487. The third-order valence-electron chi connectivity index (χ3n) is 4.90. The number of hydrogen-bond acceptors (Lipinski definition) is 2. The quantitative estimate of drug-likeness (QED) is 0.560. The Labute approximate surface area is 151 Å². The molecule has 0 unspecified atom stereocenters. The molecule has 24 heavy (non-hydrogen) atoms. The molecule has 0 saturated carbocycles. The summed E-state index contributed by atoms with van der Waals surface area (Å²) >= 11 is 4.01. The first-order valence-electron chi connectivity index (χ1n) is 8.45. The van der Waals surface area contributed by atoms with Crippen molar-refractivity contribution in [3.63, 3.8) is 0 Å². The van der Waals surface area contributed by atoms with Crippen molar-refractivity contribution < 1.29 is 0 Å². The van der Waals surface area contributed by atoms with Gasteiger partial charge in [0.1, 0.15) is 0 Å². The van der Waals surface area contributed by atoms with Gasteiger partial charge in [0.25, 0.3) is 0 Å². The van der Waals surface area contributed by atoms with Gasteiger partial charge in [-0.25, -0.2) is 0 Å². The molecule has 0 amide bonds. The van der Waals surface area contributed by atoms with Crippen molar-refractivity contribution in [3.8, 4) is 0 Å². The topological polar surface area (TPSA) is 0 Å². The van der Waals surface area contributed by atoms with Crippen molar-refractivity contribution in [1.29, 1.82) is 0 Å². The Balaban J connectivity index is 1.60. The van der Waals surface area contributed by atoms with Crippen LogP contribution in [0.1, 0.15) is 34.2 Å². The number of rotatable bonds is 1. The number of benzene rings is 1. The summed E-state index contributed by atoms with van der Waals surface area (Å²) in [5.74, 6) is 0. The fourth-order valence-corrected chi connectivity index (χ4v) is 6.58. The van der Waals surface area contributed by atoms with E-state index in [1.54, 1.807) is 5.56 Å². The average molecular weight is 347 g/mol. The molecule has 118 valence electrons. The molecule has 0 fully saturated rings. The lowest BCUT2D eigenvalue weighted by molar-refractivity contribution is 0.980. The molecule has 2 bridgehead atoms. The molecule has 1 aromatic heterocycles. The minimum Gasteiger partial charge on any atom is -0.134 e. The Morgan fingerprint density at radius 1 is 1.00 bits per heavy atom. The normalized spacial score (nSPS) is 21.2. The summed E-state index contributed by atoms with van der Waals surface area (Å²) in [5, 5.41) is 0.487. The maximum Gasteiger partial charge on any atom is 0.0485 e. The van der Waals surface area contributed by atoms with Crippen LogP contribution < -0.4 is 0 Å². The molecule has 1 aromatic carbocycles. The number of thiophene rings is 1. The average Bonchev–Trinajstić information content (AvgIpc) is 2.90. The van der Waals surface area contributed by atoms with Crippen LogP contribution in [0.3, 0.4) is 0 Å². The summed E-state index contributed by atoms with van der Waals surface area (Å²) in [6, 6.07) is 10.8. The van der Waals surface area contributed by atoms with Gasteiger partial charge in [-0.05, 0) is 48.1 Å². The predicted octanol–water partition coefficient (Wildman–Crippen LogP) is 6.61. The van der Waals surface area contributed by atoms with Gasteiger partial charge >= 0.3 is 0 Å². The van der Waals surface area contributed by atoms with Crippen LogP contribution in [0.4, 0.5) is 0 Å². The lowest BCUT2D eigenvalue weighted by Gasteiger charge is -2.19. The van der Waals surface area contributed by atoms with Gasteiger partial charge < -0.3 is 0 Å². The highest BCUT2D eigenvalue weighted by molar-refractivity contribution is 8.00. The van der Waals surface area contributed by atoms with Gasteiger partial charge in [-0.3, -0.25) is 0 Å². The van der Waals surface area contributed by atoms with Crippen molar-refractivity contribution in [3.05, 3.63) is 81.1 Å². The third-order valence-corrected chi connectivity index (χ3v) is 7.48. The van der Waals surface area contributed by atoms with Gasteiger partial charge in [-0.2, -0.15) is 0 Å². The molecule has 0 nitrogen and oxygen atoms in total. The van der Waals surface area contributed by atoms with Crippen molar-refractivity contribution in [2.24, 2.45) is 0 Å². The number of hydrogen-bond donors (Lipinski definition) is 0. The molecule has 1 aliphatic heterocycles. The lowest BCUT2D eigenvalue weighted by atomic mass is 9.92. The van der Waals surface area contributed by atoms with Crippen molar-refractivity contribution in [2.75, 3.05) is 0 Å². The summed E-state index contributed by atoms with van der Waals surface area (Å²) in [4.78, 5) is 4.49. The fourth-order valence-electron chi connectivity index (χ4n) is 3.68. The SMILES string of the molecule is CC1=C[C@H]2C=C(C=C1)c1sc3c(c1S2)CCC(c1ccccc1)=C3. The van der Waals surface area contributed by atoms with Crippen LogP contribution in [-0.2, 0) is 6.42 Å². The maximum absolute atomic E-state index is 2.43. The zero-order valence-electron chi connectivity index (χ0n) is 13.6. The van der Waals surface area contributed by atoms with Gasteiger partial charge in [-0.15, -0.1) is 23.1 Å². The second kappa shape index (κ2) is 5.65. The second-order valence-corrected chi connectivity index (χ2v) is 8.83. The smallest absolute Gasteiger partial charge is 0.0485 e. The van der Waals surface area contributed by atoms with Gasteiger partial charge in [0.15, 0.2) is 0 Å². The Morgan fingerprint density at radius 3 is 2.75 bits per heavy atom. The largest absolute Gasteiger partial charge is 0.134 e. The fraction of sp³-hybridized carbons (Fsp3) is 0.182. The lowest BCUT2D eigenvalue weighted by Crippen LogP contribution is -2.03. The molecule has 2 heteroatoms. The first-order valence-corrected chi connectivity index (χ1v) is 10.1. The van der Waals surface area contributed by atoms with E-state index < -0.39 is 0 Å². The van der Waals surface area contributed by atoms with Crippen LogP contribution in [0.2, 0.25) is 0 Å². The van der Waals surface area contributed by atoms with E-state index in [1.165, 1.54) is 43.4 Å². The molecule has 1 atom stereocenters. The molecule has 2 aromatic rings. The van der Waals surface area contributed by atoms with Crippen LogP contribution in [0.15, 0.2) is 65.1 Å². The van der Waals surface area contributed by atoms with E-state index >= 15 is 0 Å². The van der Waals surface area contributed by atoms with Crippen molar-refractivity contribution >= 4 is 40.3 Å². The number of thioether (sulfide) groups is 1. The van der Waals surface area contributed by atoms with Gasteiger partial charge in [0.2, 0.25) is 0 Å². The van der Waals surface area contributed by atoms with Gasteiger partial charge in [-0.1, -0.05) is 60.2 Å². The van der Waals surface area contributed by atoms with E-state index in [0.29, 0.717) is 5.25 Å². The molecule has 2 aliphatic carbocycles. The Morgan fingerprint density at radius 2 is 1.88 bits per heavy atom. The summed E-state index contributed by atoms with van der Waals surface area (Å²) < 4.78 is 0. The van der Waals surface area contributed by atoms with Crippen LogP contribution in [0.25, 0.3) is 17.2 Å². The highest BCUT2D eigenvalue weighted by atomic mass is 32.2. The molecule has 0 spiro atoms. The predicted molar refractivity (Wildman–Crippen MR) is 107 cm³/mol. The van der Waals surface area contributed by atoms with Crippen LogP contribution >= 0.6 is 23.1 Å². The van der Waals surface area contributed by atoms with E-state index in [-0.39, 0.29) is 0 Å². The van der Waals surface area contributed by atoms with Crippen LogP contribution in [-0.4, -0.2) is 5.25 Å². The van der Waals surface area contributed by atoms with Crippen molar-refractivity contribution in [1.82, 2.24) is 0 Å². The van der Waals surface area contributed by atoms with Gasteiger partial charge in [0, 0.05) is 19.9 Å². The second-order valence-electron chi connectivity index (χ2n) is 6.59. The highest BCUT2D eigenvalue weighted by Crippen LogP contribution is 2.50. The first kappa shape index (κ1) is 14.6. The third kappa shape index (κ3) is 2.37. The Bertz CT molecular complexity index is 936. The number of allylic oxidation sites excluding steroid dienone is 5. The monoisotopic (exact) mass is 346 g/mol.